The van der Waals surface area contributed by atoms with Gasteiger partial charge in [0.1, 0.15) is 6.17 Å². The van der Waals surface area contributed by atoms with E-state index >= 15 is 4.39 Å². The van der Waals surface area contributed by atoms with Crippen molar-refractivity contribution in [1.29, 1.82) is 0 Å². The van der Waals surface area contributed by atoms with E-state index in [-0.39, 0.29) is 5.41 Å². The van der Waals surface area contributed by atoms with Crippen LogP contribution in [0.2, 0.25) is 0 Å². The summed E-state index contributed by atoms with van der Waals surface area (Å²) in [6.07, 6.45) is 23.4. The molecular weight excluding hydrogens is 381 g/mol. The minimum atomic E-state index is -0.587. The van der Waals surface area contributed by atoms with Crippen molar-refractivity contribution in [1.82, 2.24) is 4.90 Å². The van der Waals surface area contributed by atoms with Crippen LogP contribution in [0.25, 0.3) is 0 Å². The number of alkyl halides is 1. The Balaban J connectivity index is 1.44. The van der Waals surface area contributed by atoms with Gasteiger partial charge in [0.05, 0.1) is 0 Å². The van der Waals surface area contributed by atoms with Gasteiger partial charge in [-0.25, -0.2) is 4.39 Å². The maximum Gasteiger partial charge on any atom is 0.106 e. The second-order valence-corrected chi connectivity index (χ2v) is 12.4. The normalized spacial score (nSPS) is 38.3. The molecule has 0 aliphatic heterocycles. The Labute approximate surface area is 192 Å². The van der Waals surface area contributed by atoms with E-state index in [1.54, 1.807) is 0 Å². The SMILES string of the molecule is C=CC1CC2(CCCCC2)C(F)CCC1CN(C)C1CCC(CC)CC2(CCCC2)C1. The van der Waals surface area contributed by atoms with Gasteiger partial charge in [-0.1, -0.05) is 51.5 Å². The summed E-state index contributed by atoms with van der Waals surface area (Å²) in [5.74, 6) is 2.02. The van der Waals surface area contributed by atoms with Gasteiger partial charge in [-0.05, 0) is 101 Å². The molecule has 0 aromatic heterocycles. The van der Waals surface area contributed by atoms with E-state index < -0.39 is 6.17 Å². The van der Waals surface area contributed by atoms with Gasteiger partial charge in [0.15, 0.2) is 0 Å². The van der Waals surface area contributed by atoms with Crippen molar-refractivity contribution < 1.29 is 4.39 Å². The van der Waals surface area contributed by atoms with E-state index in [0.717, 1.165) is 50.6 Å². The van der Waals surface area contributed by atoms with Crippen molar-refractivity contribution in [3.05, 3.63) is 12.7 Å². The summed E-state index contributed by atoms with van der Waals surface area (Å²) in [7, 11) is 2.40. The number of nitrogens with zero attached hydrogens (tertiary/aromatic N) is 1. The third-order valence-corrected chi connectivity index (χ3v) is 10.5. The van der Waals surface area contributed by atoms with Crippen LogP contribution in [-0.4, -0.2) is 30.7 Å². The molecule has 178 valence electrons. The molecule has 4 aliphatic rings. The minimum Gasteiger partial charge on any atom is -0.303 e. The Morgan fingerprint density at radius 3 is 2.29 bits per heavy atom. The molecule has 2 heteroatoms. The smallest absolute Gasteiger partial charge is 0.106 e. The molecule has 2 spiro atoms. The Morgan fingerprint density at radius 2 is 1.61 bits per heavy atom. The van der Waals surface area contributed by atoms with Gasteiger partial charge in [0.25, 0.3) is 0 Å². The van der Waals surface area contributed by atoms with Crippen LogP contribution in [0.3, 0.4) is 0 Å². The molecule has 0 aromatic carbocycles. The molecule has 4 saturated carbocycles. The fourth-order valence-corrected chi connectivity index (χ4v) is 8.53. The number of hydrogen-bond acceptors (Lipinski definition) is 1. The quantitative estimate of drug-likeness (QED) is 0.395. The average Bonchev–Trinajstić information content (AvgIpc) is 3.10. The minimum absolute atomic E-state index is 0.0327. The van der Waals surface area contributed by atoms with Crippen molar-refractivity contribution in [3.63, 3.8) is 0 Å². The lowest BCUT2D eigenvalue weighted by Gasteiger charge is -2.41. The van der Waals surface area contributed by atoms with Gasteiger partial charge in [0.2, 0.25) is 0 Å². The Bertz CT molecular complexity index is 573. The molecule has 0 aromatic rings. The molecule has 0 saturated heterocycles. The van der Waals surface area contributed by atoms with E-state index in [4.69, 9.17) is 0 Å². The highest BCUT2D eigenvalue weighted by Crippen LogP contribution is 2.53. The fraction of sp³-hybridized carbons (Fsp3) is 0.931. The van der Waals surface area contributed by atoms with E-state index in [1.807, 2.05) is 0 Å². The lowest BCUT2D eigenvalue weighted by molar-refractivity contribution is 0.0446. The highest BCUT2D eigenvalue weighted by Gasteiger charge is 2.46. The van der Waals surface area contributed by atoms with Crippen LogP contribution in [0.5, 0.6) is 0 Å². The summed E-state index contributed by atoms with van der Waals surface area (Å²) in [5, 5.41) is 0. The van der Waals surface area contributed by atoms with Crippen molar-refractivity contribution in [2.24, 2.45) is 28.6 Å². The molecule has 5 atom stereocenters. The zero-order chi connectivity index (χ0) is 21.9. The molecular formula is C29H50FN. The lowest BCUT2D eigenvalue weighted by atomic mass is 9.66. The van der Waals surface area contributed by atoms with E-state index in [0.29, 0.717) is 17.3 Å². The molecule has 0 radical (unpaired) electrons. The van der Waals surface area contributed by atoms with Gasteiger partial charge in [-0.15, -0.1) is 6.58 Å². The van der Waals surface area contributed by atoms with Crippen molar-refractivity contribution in [3.8, 4) is 0 Å². The monoisotopic (exact) mass is 431 g/mol. The molecule has 4 fully saturated rings. The van der Waals surface area contributed by atoms with Crippen LogP contribution in [0, 0.1) is 28.6 Å². The summed E-state index contributed by atoms with van der Waals surface area (Å²) < 4.78 is 15.4. The highest BCUT2D eigenvalue weighted by atomic mass is 19.1. The standard InChI is InChI=1S/C29H50FN/c1-4-23-11-13-26(21-28(19-23)15-9-10-16-28)31(3)22-25-12-14-27(30)29(20-24(25)5-2)17-7-6-8-18-29/h5,23-27H,2,4,6-22H2,1,3H3. The van der Waals surface area contributed by atoms with Crippen molar-refractivity contribution >= 4 is 0 Å². The van der Waals surface area contributed by atoms with Crippen LogP contribution in [-0.2, 0) is 0 Å². The molecule has 0 bridgehead atoms. The topological polar surface area (TPSA) is 3.24 Å². The summed E-state index contributed by atoms with van der Waals surface area (Å²) in [5.41, 5.74) is 0.600. The Kier molecular flexibility index (Phi) is 7.88. The molecule has 0 N–H and O–H groups in total. The summed E-state index contributed by atoms with van der Waals surface area (Å²) in [6.45, 7) is 7.81. The average molecular weight is 432 g/mol. The molecule has 0 amide bonds. The van der Waals surface area contributed by atoms with Crippen LogP contribution < -0.4 is 0 Å². The lowest BCUT2D eigenvalue weighted by Crippen LogP contribution is -2.40. The first-order valence-corrected chi connectivity index (χ1v) is 14.0. The predicted molar refractivity (Wildman–Crippen MR) is 131 cm³/mol. The van der Waals surface area contributed by atoms with Crippen molar-refractivity contribution in [2.75, 3.05) is 13.6 Å². The van der Waals surface area contributed by atoms with Gasteiger partial charge < -0.3 is 4.90 Å². The van der Waals surface area contributed by atoms with Gasteiger partial charge in [-0.3, -0.25) is 0 Å². The summed E-state index contributed by atoms with van der Waals surface area (Å²) in [6, 6.07) is 0.730. The zero-order valence-corrected chi connectivity index (χ0v) is 20.7. The predicted octanol–water partition coefficient (Wildman–Crippen LogP) is 8.34. The van der Waals surface area contributed by atoms with E-state index in [2.05, 4.69) is 31.5 Å². The summed E-state index contributed by atoms with van der Waals surface area (Å²) in [4.78, 5) is 2.73. The fourth-order valence-electron chi connectivity index (χ4n) is 8.53. The molecule has 0 heterocycles. The molecule has 5 unspecified atom stereocenters. The second kappa shape index (κ2) is 10.3. The molecule has 4 aliphatic carbocycles. The second-order valence-electron chi connectivity index (χ2n) is 12.4. The van der Waals surface area contributed by atoms with Gasteiger partial charge in [0, 0.05) is 18.0 Å². The largest absolute Gasteiger partial charge is 0.303 e. The van der Waals surface area contributed by atoms with E-state index in [9.17, 15) is 0 Å². The van der Waals surface area contributed by atoms with E-state index in [1.165, 1.54) is 77.0 Å². The van der Waals surface area contributed by atoms with Crippen LogP contribution in [0.15, 0.2) is 12.7 Å². The number of rotatable bonds is 5. The van der Waals surface area contributed by atoms with Crippen LogP contribution in [0.4, 0.5) is 4.39 Å². The maximum atomic E-state index is 15.4. The van der Waals surface area contributed by atoms with Gasteiger partial charge in [-0.2, -0.15) is 0 Å². The Hall–Kier alpha value is -0.370. The third-order valence-electron chi connectivity index (χ3n) is 10.5. The summed E-state index contributed by atoms with van der Waals surface area (Å²) >= 11 is 0. The first kappa shape index (κ1) is 23.8. The first-order chi connectivity index (χ1) is 15.0. The van der Waals surface area contributed by atoms with Crippen LogP contribution in [0.1, 0.15) is 116 Å². The van der Waals surface area contributed by atoms with Crippen molar-refractivity contribution in [2.45, 2.75) is 128 Å². The third kappa shape index (κ3) is 5.25. The zero-order valence-electron chi connectivity index (χ0n) is 20.7. The van der Waals surface area contributed by atoms with Gasteiger partial charge >= 0.3 is 0 Å². The molecule has 4 rings (SSSR count). The number of halogens is 1. The molecule has 1 nitrogen and oxygen atoms in total. The number of hydrogen-bond donors (Lipinski definition) is 0. The maximum absolute atomic E-state index is 15.4. The first-order valence-electron chi connectivity index (χ1n) is 14.0. The Morgan fingerprint density at radius 1 is 0.903 bits per heavy atom. The number of allylic oxidation sites excluding steroid dienone is 1. The highest BCUT2D eigenvalue weighted by molar-refractivity contribution is 5.01. The van der Waals surface area contributed by atoms with Crippen LogP contribution >= 0.6 is 0 Å². The molecule has 31 heavy (non-hydrogen) atoms.